The number of hydrogen-bond donors (Lipinski definition) is 1. The van der Waals surface area contributed by atoms with Crippen LogP contribution in [0.1, 0.15) is 48.7 Å². The Morgan fingerprint density at radius 1 is 1.06 bits per heavy atom. The van der Waals surface area contributed by atoms with Crippen molar-refractivity contribution in [2.75, 3.05) is 20.2 Å². The molecule has 7 nitrogen and oxygen atoms in total. The standard InChI is InChI=1S/C24H30N2O5S/c1-17-12-18(2)16-26(15-17)32(29,30)21-11-7-10-20(13-21)24(28)25-22(14-23(27)31-3)19-8-5-4-6-9-19/h4-11,13,17-18,22H,12,14-16H2,1-3H3,(H,25,28). The summed E-state index contributed by atoms with van der Waals surface area (Å²) in [4.78, 5) is 24.9. The molecule has 8 heteroatoms. The summed E-state index contributed by atoms with van der Waals surface area (Å²) in [5.74, 6) is -0.348. The average molecular weight is 459 g/mol. The molecule has 0 aliphatic carbocycles. The number of nitrogens with zero attached hydrogens (tertiary/aromatic N) is 1. The van der Waals surface area contributed by atoms with E-state index in [2.05, 4.69) is 5.32 Å². The van der Waals surface area contributed by atoms with E-state index in [4.69, 9.17) is 4.74 Å². The molecule has 1 amide bonds. The Bertz CT molecular complexity index is 1050. The van der Waals surface area contributed by atoms with Gasteiger partial charge in [-0.1, -0.05) is 50.2 Å². The van der Waals surface area contributed by atoms with Gasteiger partial charge in [0.15, 0.2) is 0 Å². The van der Waals surface area contributed by atoms with Crippen LogP contribution in [0.2, 0.25) is 0 Å². The highest BCUT2D eigenvalue weighted by molar-refractivity contribution is 7.89. The zero-order chi connectivity index (χ0) is 23.3. The predicted molar refractivity (Wildman–Crippen MR) is 121 cm³/mol. The van der Waals surface area contributed by atoms with Gasteiger partial charge in [0.25, 0.3) is 5.91 Å². The van der Waals surface area contributed by atoms with Gasteiger partial charge in [-0.15, -0.1) is 0 Å². The molecule has 3 atom stereocenters. The molecule has 3 rings (SSSR count). The molecule has 0 saturated carbocycles. The molecule has 0 aromatic heterocycles. The fraction of sp³-hybridized carbons (Fsp3) is 0.417. The average Bonchev–Trinajstić information content (AvgIpc) is 2.78. The van der Waals surface area contributed by atoms with Crippen LogP contribution < -0.4 is 5.32 Å². The SMILES string of the molecule is COC(=O)CC(NC(=O)c1cccc(S(=O)(=O)N2CC(C)CC(C)C2)c1)c1ccccc1. The number of amides is 1. The quantitative estimate of drug-likeness (QED) is 0.642. The molecule has 1 saturated heterocycles. The van der Waals surface area contributed by atoms with Crippen LogP contribution in [0.15, 0.2) is 59.5 Å². The first-order chi connectivity index (χ1) is 15.2. The summed E-state index contributed by atoms with van der Waals surface area (Å²) >= 11 is 0. The number of rotatable bonds is 7. The zero-order valence-electron chi connectivity index (χ0n) is 18.7. The van der Waals surface area contributed by atoms with Gasteiger partial charge < -0.3 is 10.1 Å². The van der Waals surface area contributed by atoms with Gasteiger partial charge in [0.1, 0.15) is 0 Å². The Balaban J connectivity index is 1.83. The summed E-state index contributed by atoms with van der Waals surface area (Å²) in [7, 11) is -2.41. The van der Waals surface area contributed by atoms with Gasteiger partial charge in [0.2, 0.25) is 10.0 Å². The lowest BCUT2D eigenvalue weighted by molar-refractivity contribution is -0.141. The minimum absolute atomic E-state index is 0.0339. The minimum Gasteiger partial charge on any atom is -0.469 e. The first kappa shape index (κ1) is 23.9. The summed E-state index contributed by atoms with van der Waals surface area (Å²) in [5, 5.41) is 2.84. The van der Waals surface area contributed by atoms with E-state index >= 15 is 0 Å². The molecule has 1 fully saturated rings. The molecule has 0 spiro atoms. The van der Waals surface area contributed by atoms with E-state index < -0.39 is 27.9 Å². The van der Waals surface area contributed by atoms with Gasteiger partial charge >= 0.3 is 5.97 Å². The van der Waals surface area contributed by atoms with Crippen molar-refractivity contribution >= 4 is 21.9 Å². The topological polar surface area (TPSA) is 92.8 Å². The van der Waals surface area contributed by atoms with Crippen molar-refractivity contribution in [1.29, 1.82) is 0 Å². The van der Waals surface area contributed by atoms with Gasteiger partial charge in [-0.2, -0.15) is 4.31 Å². The number of methoxy groups -OCH3 is 1. The number of sulfonamides is 1. The molecule has 1 heterocycles. The van der Waals surface area contributed by atoms with Crippen LogP contribution in [0.3, 0.4) is 0 Å². The molecule has 1 aliphatic rings. The number of carbonyl (C=O) groups excluding carboxylic acids is 2. The Morgan fingerprint density at radius 2 is 1.72 bits per heavy atom. The van der Waals surface area contributed by atoms with Gasteiger partial charge in [0, 0.05) is 18.7 Å². The van der Waals surface area contributed by atoms with Crippen molar-refractivity contribution in [2.24, 2.45) is 11.8 Å². The lowest BCUT2D eigenvalue weighted by Crippen LogP contribution is -2.42. The molecular formula is C24H30N2O5S. The summed E-state index contributed by atoms with van der Waals surface area (Å²) in [5.41, 5.74) is 0.973. The third-order valence-corrected chi connectivity index (χ3v) is 7.50. The van der Waals surface area contributed by atoms with Crippen LogP contribution >= 0.6 is 0 Å². The molecule has 1 N–H and O–H groups in total. The minimum atomic E-state index is -3.71. The highest BCUT2D eigenvalue weighted by Gasteiger charge is 2.32. The highest BCUT2D eigenvalue weighted by atomic mass is 32.2. The van der Waals surface area contributed by atoms with E-state index in [9.17, 15) is 18.0 Å². The fourth-order valence-electron chi connectivity index (χ4n) is 4.18. The van der Waals surface area contributed by atoms with Crippen LogP contribution in [0.4, 0.5) is 0 Å². The van der Waals surface area contributed by atoms with Gasteiger partial charge in [-0.05, 0) is 42.0 Å². The lowest BCUT2D eigenvalue weighted by Gasteiger charge is -2.34. The second-order valence-corrected chi connectivity index (χ2v) is 10.5. The number of benzene rings is 2. The Morgan fingerprint density at radius 3 is 2.34 bits per heavy atom. The predicted octanol–water partition coefficient (Wildman–Crippen LogP) is 3.39. The zero-order valence-corrected chi connectivity index (χ0v) is 19.5. The van der Waals surface area contributed by atoms with Crippen LogP contribution in [0.5, 0.6) is 0 Å². The van der Waals surface area contributed by atoms with Crippen molar-refractivity contribution in [2.45, 2.75) is 37.6 Å². The molecular weight excluding hydrogens is 428 g/mol. The number of nitrogens with one attached hydrogen (secondary N) is 1. The molecule has 2 aromatic carbocycles. The number of carbonyl (C=O) groups is 2. The van der Waals surface area contributed by atoms with Crippen molar-refractivity contribution in [3.8, 4) is 0 Å². The van der Waals surface area contributed by atoms with Gasteiger partial charge in [-0.3, -0.25) is 9.59 Å². The summed E-state index contributed by atoms with van der Waals surface area (Å²) < 4.78 is 32.7. The molecule has 0 bridgehead atoms. The molecule has 1 aliphatic heterocycles. The van der Waals surface area contributed by atoms with Crippen LogP contribution in [-0.2, 0) is 19.6 Å². The maximum absolute atomic E-state index is 13.2. The molecule has 3 unspecified atom stereocenters. The first-order valence-electron chi connectivity index (χ1n) is 10.7. The third-order valence-electron chi connectivity index (χ3n) is 5.68. The molecule has 2 aromatic rings. The van der Waals surface area contributed by atoms with Gasteiger partial charge in [-0.25, -0.2) is 8.42 Å². The number of piperidine rings is 1. The van der Waals surface area contributed by atoms with Crippen molar-refractivity contribution in [1.82, 2.24) is 9.62 Å². The molecule has 0 radical (unpaired) electrons. The third kappa shape index (κ3) is 5.75. The monoisotopic (exact) mass is 458 g/mol. The van der Waals surface area contributed by atoms with Crippen molar-refractivity contribution in [3.05, 3.63) is 65.7 Å². The van der Waals surface area contributed by atoms with E-state index in [0.717, 1.165) is 12.0 Å². The second kappa shape index (κ2) is 10.3. The van der Waals surface area contributed by atoms with Crippen LogP contribution in [0.25, 0.3) is 0 Å². The van der Waals surface area contributed by atoms with E-state index in [-0.39, 0.29) is 28.7 Å². The maximum Gasteiger partial charge on any atom is 0.307 e. The summed E-state index contributed by atoms with van der Waals surface area (Å²) in [6.07, 6.45) is 0.962. The van der Waals surface area contributed by atoms with Gasteiger partial charge in [0.05, 0.1) is 24.5 Å². The van der Waals surface area contributed by atoms with Crippen LogP contribution in [0, 0.1) is 11.8 Å². The highest BCUT2D eigenvalue weighted by Crippen LogP contribution is 2.27. The van der Waals surface area contributed by atoms with E-state index in [1.165, 1.54) is 23.5 Å². The normalized spacial score (nSPS) is 20.3. The Kier molecular flexibility index (Phi) is 7.69. The van der Waals surface area contributed by atoms with E-state index in [1.54, 1.807) is 12.1 Å². The fourth-order valence-corrected chi connectivity index (χ4v) is 5.90. The first-order valence-corrected chi connectivity index (χ1v) is 12.2. The lowest BCUT2D eigenvalue weighted by atomic mass is 9.94. The van der Waals surface area contributed by atoms with E-state index in [1.807, 2.05) is 44.2 Å². The van der Waals surface area contributed by atoms with Crippen molar-refractivity contribution < 1.29 is 22.7 Å². The summed E-state index contributed by atoms with van der Waals surface area (Å²) in [6, 6.07) is 14.6. The molecule has 172 valence electrons. The van der Waals surface area contributed by atoms with E-state index in [0.29, 0.717) is 13.1 Å². The second-order valence-electron chi connectivity index (χ2n) is 8.51. The number of ether oxygens (including phenoxy) is 1. The Hall–Kier alpha value is -2.71. The number of esters is 1. The maximum atomic E-state index is 13.2. The smallest absolute Gasteiger partial charge is 0.307 e. The van der Waals surface area contributed by atoms with Crippen LogP contribution in [-0.4, -0.2) is 44.8 Å². The summed E-state index contributed by atoms with van der Waals surface area (Å²) in [6.45, 7) is 5.04. The van der Waals surface area contributed by atoms with Crippen molar-refractivity contribution in [3.63, 3.8) is 0 Å². The Labute approximate surface area is 189 Å². The molecule has 32 heavy (non-hydrogen) atoms. The largest absolute Gasteiger partial charge is 0.469 e. The number of hydrogen-bond acceptors (Lipinski definition) is 5.